The van der Waals surface area contributed by atoms with Crippen LogP contribution in [0.2, 0.25) is 0 Å². The van der Waals surface area contributed by atoms with Gasteiger partial charge >= 0.3 is 5.97 Å². The molecule has 0 aliphatic carbocycles. The number of hydrogen-bond donors (Lipinski definition) is 1. The van der Waals surface area contributed by atoms with Gasteiger partial charge in [0, 0.05) is 24.5 Å². The number of carboxylic acid groups (broad SMARTS) is 1. The average Bonchev–Trinajstić information content (AvgIpc) is 2.93. The molecule has 1 aromatic heterocycles. The van der Waals surface area contributed by atoms with Crippen molar-refractivity contribution in [2.24, 2.45) is 11.8 Å². The van der Waals surface area contributed by atoms with Gasteiger partial charge in [-0.3, -0.25) is 9.78 Å². The summed E-state index contributed by atoms with van der Waals surface area (Å²) in [5.74, 6) is 0.583. The summed E-state index contributed by atoms with van der Waals surface area (Å²) in [6.45, 7) is 2.96. The maximum atomic E-state index is 15.5. The number of unbranched alkanes of at least 4 members (excludes halogenated alkanes) is 1. The van der Waals surface area contributed by atoms with Crippen molar-refractivity contribution in [3.8, 4) is 5.75 Å². The molecular weight excluding hydrogens is 467 g/mol. The standard InChI is InChI=1S/C31H39FN2O3/c1-37-26-12-14-30-28(21-26)27(16-18-33-30)29(32)13-10-24-17-20-34(22-25(24)11-15-31(35)36)19-6-5-9-23-7-3-2-4-8-23/h2-4,7-8,12,14,16,18,21,24-25,29H,5-6,9-11,13,15,17,19-20,22H2,1H3,(H,35,36)/t24?,25?,29-/m0/s1. The Kier molecular flexibility index (Phi) is 9.89. The molecule has 1 saturated heterocycles. The van der Waals surface area contributed by atoms with E-state index in [4.69, 9.17) is 4.74 Å². The van der Waals surface area contributed by atoms with Crippen LogP contribution in [-0.2, 0) is 11.2 Å². The number of aryl methyl sites for hydroxylation is 1. The Morgan fingerprint density at radius 1 is 1.14 bits per heavy atom. The van der Waals surface area contributed by atoms with E-state index in [0.29, 0.717) is 36.0 Å². The SMILES string of the molecule is COc1ccc2nccc([C@@H](F)CCC3CCN(CCCCc4ccccc4)CC3CCC(=O)O)c2c1. The van der Waals surface area contributed by atoms with E-state index in [9.17, 15) is 9.90 Å². The molecule has 1 aliphatic heterocycles. The molecule has 0 saturated carbocycles. The maximum Gasteiger partial charge on any atom is 0.303 e. The van der Waals surface area contributed by atoms with E-state index in [1.807, 2.05) is 24.3 Å². The summed E-state index contributed by atoms with van der Waals surface area (Å²) in [7, 11) is 1.61. The highest BCUT2D eigenvalue weighted by atomic mass is 19.1. The van der Waals surface area contributed by atoms with E-state index in [0.717, 1.165) is 62.6 Å². The average molecular weight is 507 g/mol. The van der Waals surface area contributed by atoms with Crippen LogP contribution in [0, 0.1) is 11.8 Å². The zero-order valence-electron chi connectivity index (χ0n) is 21.8. The zero-order chi connectivity index (χ0) is 26.0. The first-order chi connectivity index (χ1) is 18.0. The summed E-state index contributed by atoms with van der Waals surface area (Å²) >= 11 is 0. The van der Waals surface area contributed by atoms with Gasteiger partial charge < -0.3 is 14.7 Å². The number of aliphatic carboxylic acids is 1. The summed E-state index contributed by atoms with van der Waals surface area (Å²) < 4.78 is 20.9. The molecule has 1 aliphatic rings. The first-order valence-electron chi connectivity index (χ1n) is 13.6. The topological polar surface area (TPSA) is 62.7 Å². The summed E-state index contributed by atoms with van der Waals surface area (Å²) in [6, 6.07) is 17.9. The second-order valence-corrected chi connectivity index (χ2v) is 10.3. The molecule has 0 radical (unpaired) electrons. The van der Waals surface area contributed by atoms with E-state index >= 15 is 4.39 Å². The number of fused-ring (bicyclic) bond motifs is 1. The smallest absolute Gasteiger partial charge is 0.303 e. The lowest BCUT2D eigenvalue weighted by molar-refractivity contribution is -0.137. The molecule has 2 heterocycles. The minimum atomic E-state index is -1.09. The van der Waals surface area contributed by atoms with Crippen molar-refractivity contribution in [3.05, 3.63) is 71.9 Å². The Bertz CT molecular complexity index is 1140. The predicted octanol–water partition coefficient (Wildman–Crippen LogP) is 6.86. The first kappa shape index (κ1) is 27.1. The van der Waals surface area contributed by atoms with Crippen LogP contribution in [0.5, 0.6) is 5.75 Å². The monoisotopic (exact) mass is 506 g/mol. The van der Waals surface area contributed by atoms with Crippen molar-refractivity contribution in [1.29, 1.82) is 0 Å². The molecule has 6 heteroatoms. The number of nitrogens with zero attached hydrogens (tertiary/aromatic N) is 2. The lowest BCUT2D eigenvalue weighted by Gasteiger charge is -2.39. The number of carboxylic acids is 1. The van der Waals surface area contributed by atoms with Crippen LogP contribution in [0.1, 0.15) is 62.2 Å². The van der Waals surface area contributed by atoms with Crippen LogP contribution in [-0.4, -0.2) is 47.7 Å². The van der Waals surface area contributed by atoms with Gasteiger partial charge in [-0.25, -0.2) is 4.39 Å². The van der Waals surface area contributed by atoms with Crippen LogP contribution in [0.15, 0.2) is 60.8 Å². The summed E-state index contributed by atoms with van der Waals surface area (Å²) in [5.41, 5.74) is 2.80. The number of alkyl halides is 1. The second-order valence-electron chi connectivity index (χ2n) is 10.3. The van der Waals surface area contributed by atoms with Crippen LogP contribution < -0.4 is 4.74 Å². The lowest BCUT2D eigenvalue weighted by Crippen LogP contribution is -2.41. The van der Waals surface area contributed by atoms with E-state index in [2.05, 4.69) is 34.1 Å². The van der Waals surface area contributed by atoms with Crippen LogP contribution in [0.4, 0.5) is 4.39 Å². The Morgan fingerprint density at radius 3 is 2.76 bits per heavy atom. The quantitative estimate of drug-likeness (QED) is 0.257. The lowest BCUT2D eigenvalue weighted by atomic mass is 9.79. The number of ether oxygens (including phenoxy) is 1. The normalized spacial score (nSPS) is 19.1. The van der Waals surface area contributed by atoms with Crippen molar-refractivity contribution < 1.29 is 19.0 Å². The van der Waals surface area contributed by atoms with Gasteiger partial charge in [0.2, 0.25) is 0 Å². The van der Waals surface area contributed by atoms with Crippen LogP contribution >= 0.6 is 0 Å². The summed E-state index contributed by atoms with van der Waals surface area (Å²) in [4.78, 5) is 18.2. The number of piperidine rings is 1. The van der Waals surface area contributed by atoms with E-state index in [1.165, 1.54) is 5.56 Å². The molecule has 37 heavy (non-hydrogen) atoms. The second kappa shape index (κ2) is 13.5. The van der Waals surface area contributed by atoms with Gasteiger partial charge in [0.15, 0.2) is 0 Å². The van der Waals surface area contributed by atoms with Gasteiger partial charge in [-0.05, 0) is 105 Å². The van der Waals surface area contributed by atoms with Gasteiger partial charge in [0.25, 0.3) is 0 Å². The molecule has 3 atom stereocenters. The molecule has 2 aromatic carbocycles. The van der Waals surface area contributed by atoms with Gasteiger partial charge in [0.05, 0.1) is 12.6 Å². The first-order valence-corrected chi connectivity index (χ1v) is 13.6. The molecule has 0 bridgehead atoms. The highest BCUT2D eigenvalue weighted by Gasteiger charge is 2.30. The number of hydrogen-bond acceptors (Lipinski definition) is 4. The number of likely N-dealkylation sites (tertiary alicyclic amines) is 1. The third-order valence-electron chi connectivity index (χ3n) is 7.85. The fraction of sp³-hybridized carbons (Fsp3) is 0.484. The Morgan fingerprint density at radius 2 is 1.97 bits per heavy atom. The number of halogens is 1. The Labute approximate surface area is 219 Å². The van der Waals surface area contributed by atoms with E-state index < -0.39 is 12.1 Å². The van der Waals surface area contributed by atoms with Crippen molar-refractivity contribution in [2.45, 2.75) is 57.5 Å². The molecule has 2 unspecified atom stereocenters. The number of methoxy groups -OCH3 is 1. The molecule has 4 rings (SSSR count). The van der Waals surface area contributed by atoms with Crippen molar-refractivity contribution >= 4 is 16.9 Å². The maximum absolute atomic E-state index is 15.5. The molecule has 198 valence electrons. The summed E-state index contributed by atoms with van der Waals surface area (Å²) in [6.07, 6.45) is 6.99. The van der Waals surface area contributed by atoms with E-state index in [1.54, 1.807) is 19.4 Å². The molecule has 5 nitrogen and oxygen atoms in total. The van der Waals surface area contributed by atoms with E-state index in [-0.39, 0.29) is 6.42 Å². The molecular formula is C31H39FN2O3. The van der Waals surface area contributed by atoms with Gasteiger partial charge in [-0.15, -0.1) is 0 Å². The molecule has 0 amide bonds. The summed E-state index contributed by atoms with van der Waals surface area (Å²) in [5, 5.41) is 10.1. The third kappa shape index (κ3) is 7.75. The fourth-order valence-electron chi connectivity index (χ4n) is 5.75. The van der Waals surface area contributed by atoms with Crippen molar-refractivity contribution in [3.63, 3.8) is 0 Å². The largest absolute Gasteiger partial charge is 0.497 e. The Hall–Kier alpha value is -2.99. The Balaban J connectivity index is 1.32. The van der Waals surface area contributed by atoms with Gasteiger partial charge in [-0.1, -0.05) is 30.3 Å². The van der Waals surface area contributed by atoms with Gasteiger partial charge in [-0.2, -0.15) is 0 Å². The number of aromatic nitrogens is 1. The number of rotatable bonds is 13. The number of benzene rings is 2. The van der Waals surface area contributed by atoms with Crippen molar-refractivity contribution in [2.75, 3.05) is 26.7 Å². The predicted molar refractivity (Wildman–Crippen MR) is 146 cm³/mol. The van der Waals surface area contributed by atoms with Crippen LogP contribution in [0.3, 0.4) is 0 Å². The minimum absolute atomic E-state index is 0.177. The van der Waals surface area contributed by atoms with Gasteiger partial charge in [0.1, 0.15) is 11.9 Å². The molecule has 1 N–H and O–H groups in total. The highest BCUT2D eigenvalue weighted by molar-refractivity contribution is 5.83. The number of pyridine rings is 1. The molecule has 1 fully saturated rings. The molecule has 0 spiro atoms. The van der Waals surface area contributed by atoms with Crippen LogP contribution in [0.25, 0.3) is 10.9 Å². The fourth-order valence-corrected chi connectivity index (χ4v) is 5.75. The number of carbonyl (C=O) groups is 1. The third-order valence-corrected chi connectivity index (χ3v) is 7.85. The minimum Gasteiger partial charge on any atom is -0.497 e. The molecule has 3 aromatic rings. The highest BCUT2D eigenvalue weighted by Crippen LogP contribution is 2.36. The zero-order valence-corrected chi connectivity index (χ0v) is 21.8. The van der Waals surface area contributed by atoms with Crippen molar-refractivity contribution in [1.82, 2.24) is 9.88 Å².